The third-order valence-electron chi connectivity index (χ3n) is 11.0. The molecular formula is C36H36F2N6O3. The first kappa shape index (κ1) is 28.9. The van der Waals surface area contributed by atoms with Crippen molar-refractivity contribution in [2.24, 2.45) is 17.3 Å². The maximum absolute atomic E-state index is 17.0. The molecule has 2 bridgehead atoms. The van der Waals surface area contributed by atoms with E-state index < -0.39 is 11.6 Å². The molecule has 2 saturated carbocycles. The fourth-order valence-electron chi connectivity index (χ4n) is 8.29. The van der Waals surface area contributed by atoms with Gasteiger partial charge in [0.1, 0.15) is 34.0 Å². The second-order valence-electron chi connectivity index (χ2n) is 14.3. The Morgan fingerprint density at radius 3 is 2.51 bits per heavy atom. The minimum absolute atomic E-state index is 0.0163. The first-order valence-corrected chi connectivity index (χ1v) is 16.5. The van der Waals surface area contributed by atoms with Gasteiger partial charge in [0, 0.05) is 61.2 Å². The van der Waals surface area contributed by atoms with Gasteiger partial charge in [0.2, 0.25) is 5.88 Å². The van der Waals surface area contributed by atoms with E-state index in [1.165, 1.54) is 50.9 Å². The van der Waals surface area contributed by atoms with Gasteiger partial charge in [-0.3, -0.25) is 0 Å². The smallest absolute Gasteiger partial charge is 0.319 e. The summed E-state index contributed by atoms with van der Waals surface area (Å²) in [7, 11) is 1.46. The zero-order chi connectivity index (χ0) is 32.0. The van der Waals surface area contributed by atoms with E-state index in [2.05, 4.69) is 31.0 Å². The molecule has 2 aromatic carbocycles. The third-order valence-corrected chi connectivity index (χ3v) is 11.0. The number of phenolic OH excluding ortho intramolecular Hbond substituents is 1. The number of anilines is 1. The number of nitrogens with zero attached hydrogens (tertiary/aromatic N) is 5. The van der Waals surface area contributed by atoms with Gasteiger partial charge < -0.3 is 29.7 Å². The van der Waals surface area contributed by atoms with Gasteiger partial charge in [0.15, 0.2) is 5.82 Å². The predicted molar refractivity (Wildman–Crippen MR) is 174 cm³/mol. The molecule has 5 fully saturated rings. The molecule has 2 aromatic heterocycles. The summed E-state index contributed by atoms with van der Waals surface area (Å²) in [5.74, 6) is 3.22. The number of likely N-dealkylation sites (tertiary alicyclic amines) is 1. The number of hydrogen-bond donors (Lipinski definition) is 2. The number of pyridine rings is 1. The number of nitrogens with one attached hydrogen (secondary N) is 1. The number of ether oxygens (including phenoxy) is 2. The molecule has 242 valence electrons. The monoisotopic (exact) mass is 638 g/mol. The number of benzene rings is 2. The topological polar surface area (TPSA) is 95.9 Å². The fraction of sp³-hybridized carbons (Fsp3) is 0.472. The van der Waals surface area contributed by atoms with Crippen LogP contribution in [0.4, 0.5) is 14.6 Å². The number of rotatable bonds is 8. The van der Waals surface area contributed by atoms with E-state index in [0.717, 1.165) is 44.1 Å². The second kappa shape index (κ2) is 10.6. The number of aromatic hydroxyl groups is 1. The Bertz CT molecular complexity index is 1970. The maximum Gasteiger partial charge on any atom is 0.319 e. The number of hydrogen-bond acceptors (Lipinski definition) is 9. The number of phenols is 1. The molecule has 47 heavy (non-hydrogen) atoms. The van der Waals surface area contributed by atoms with Crippen molar-refractivity contribution in [1.29, 1.82) is 0 Å². The number of piperazine rings is 1. The van der Waals surface area contributed by atoms with E-state index in [4.69, 9.17) is 20.9 Å². The molecule has 0 spiro atoms. The highest BCUT2D eigenvalue weighted by Crippen LogP contribution is 2.51. The Hall–Kier alpha value is -4.27. The van der Waals surface area contributed by atoms with Gasteiger partial charge in [-0.05, 0) is 67.5 Å². The summed E-state index contributed by atoms with van der Waals surface area (Å²) in [4.78, 5) is 18.9. The van der Waals surface area contributed by atoms with Crippen molar-refractivity contribution in [2.75, 3.05) is 51.3 Å². The lowest BCUT2D eigenvalue weighted by atomic mass is 9.95. The molecule has 5 aliphatic rings. The lowest BCUT2D eigenvalue weighted by Crippen LogP contribution is -2.51. The van der Waals surface area contributed by atoms with Gasteiger partial charge >= 0.3 is 6.01 Å². The Morgan fingerprint density at radius 2 is 1.81 bits per heavy atom. The molecular weight excluding hydrogens is 602 g/mol. The molecule has 11 heteroatoms. The van der Waals surface area contributed by atoms with Crippen molar-refractivity contribution in [3.05, 3.63) is 41.5 Å². The molecule has 2 aliphatic carbocycles. The van der Waals surface area contributed by atoms with Crippen molar-refractivity contribution in [2.45, 2.75) is 44.2 Å². The second-order valence-corrected chi connectivity index (χ2v) is 14.3. The molecule has 5 heterocycles. The van der Waals surface area contributed by atoms with Gasteiger partial charge in [0.05, 0.1) is 19.3 Å². The van der Waals surface area contributed by atoms with Crippen LogP contribution in [0, 0.1) is 41.2 Å². The van der Waals surface area contributed by atoms with Crippen LogP contribution in [0.15, 0.2) is 24.3 Å². The van der Waals surface area contributed by atoms with Crippen LogP contribution >= 0.6 is 0 Å². The lowest BCUT2D eigenvalue weighted by molar-refractivity contribution is 0.163. The minimum Gasteiger partial charge on any atom is -0.508 e. The zero-order valence-corrected chi connectivity index (χ0v) is 26.2. The van der Waals surface area contributed by atoms with Crippen molar-refractivity contribution in [3.63, 3.8) is 0 Å². The Balaban J connectivity index is 1.18. The van der Waals surface area contributed by atoms with E-state index >= 15 is 4.39 Å². The van der Waals surface area contributed by atoms with Gasteiger partial charge in [0.25, 0.3) is 0 Å². The summed E-state index contributed by atoms with van der Waals surface area (Å²) in [6.45, 7) is 5.18. The molecule has 3 saturated heterocycles. The lowest BCUT2D eigenvalue weighted by Gasteiger charge is -2.34. The standard InChI is InChI=1S/C36H36F2N6O3/c1-3-25-27(37)7-4-19-11-24(45)12-26(28(19)25)31-30(38)32-29(34(40-31)46-2)33(44-15-22-5-6-23(16-44)39-22)42-35(41-32)47-18-36(8-9-36)17-43-13-20-10-21(20)14-43/h1,4,7,11-12,20-23,39,45H,5-6,8-10,13-18H2,2H3. The highest BCUT2D eigenvalue weighted by Gasteiger charge is 2.51. The normalized spacial score (nSPS) is 25.6. The first-order chi connectivity index (χ1) is 22.8. The van der Waals surface area contributed by atoms with Crippen molar-refractivity contribution in [1.82, 2.24) is 25.2 Å². The van der Waals surface area contributed by atoms with Crippen LogP contribution in [-0.4, -0.2) is 83.5 Å². The summed E-state index contributed by atoms with van der Waals surface area (Å²) in [5.41, 5.74) is -0.0452. The van der Waals surface area contributed by atoms with Crippen molar-refractivity contribution in [3.8, 4) is 41.2 Å². The molecule has 0 radical (unpaired) electrons. The summed E-state index contributed by atoms with van der Waals surface area (Å²) < 4.78 is 44.1. The van der Waals surface area contributed by atoms with Crippen LogP contribution < -0.4 is 19.7 Å². The quantitative estimate of drug-likeness (QED) is 0.262. The fourth-order valence-corrected chi connectivity index (χ4v) is 8.29. The van der Waals surface area contributed by atoms with Gasteiger partial charge in [-0.2, -0.15) is 9.97 Å². The molecule has 2 N–H and O–H groups in total. The van der Waals surface area contributed by atoms with E-state index in [-0.39, 0.29) is 50.8 Å². The molecule has 4 unspecified atom stereocenters. The summed E-state index contributed by atoms with van der Waals surface area (Å²) in [6.07, 6.45) is 11.4. The number of piperidine rings is 1. The number of halogens is 2. The molecule has 9 rings (SSSR count). The Kier molecular flexibility index (Phi) is 6.53. The van der Waals surface area contributed by atoms with Crippen LogP contribution in [0.25, 0.3) is 32.9 Å². The number of aromatic nitrogens is 3. The average Bonchev–Trinajstić information content (AvgIpc) is 3.94. The van der Waals surface area contributed by atoms with Crippen molar-refractivity contribution >= 4 is 27.5 Å². The Morgan fingerprint density at radius 1 is 1.04 bits per heavy atom. The number of methoxy groups -OCH3 is 1. The largest absolute Gasteiger partial charge is 0.508 e. The summed E-state index contributed by atoms with van der Waals surface area (Å²) in [6, 6.07) is 6.21. The number of fused-ring (bicyclic) bond motifs is 5. The molecule has 9 nitrogen and oxygen atoms in total. The van der Waals surface area contributed by atoms with Crippen LogP contribution in [0.2, 0.25) is 0 Å². The van der Waals surface area contributed by atoms with Gasteiger partial charge in [-0.25, -0.2) is 13.8 Å². The summed E-state index contributed by atoms with van der Waals surface area (Å²) >= 11 is 0. The highest BCUT2D eigenvalue weighted by molar-refractivity contribution is 6.04. The van der Waals surface area contributed by atoms with Crippen LogP contribution in [0.1, 0.15) is 37.7 Å². The first-order valence-electron chi connectivity index (χ1n) is 16.5. The van der Waals surface area contributed by atoms with E-state index in [1.54, 1.807) is 0 Å². The van der Waals surface area contributed by atoms with E-state index in [9.17, 15) is 9.50 Å². The van der Waals surface area contributed by atoms with E-state index in [1.807, 2.05) is 0 Å². The van der Waals surface area contributed by atoms with Crippen LogP contribution in [-0.2, 0) is 0 Å². The van der Waals surface area contributed by atoms with Crippen molar-refractivity contribution < 1.29 is 23.4 Å². The predicted octanol–water partition coefficient (Wildman–Crippen LogP) is 4.87. The maximum atomic E-state index is 17.0. The molecule has 0 amide bonds. The minimum atomic E-state index is -0.760. The number of terminal acetylenes is 1. The molecule has 4 aromatic rings. The Labute approximate surface area is 271 Å². The average molecular weight is 639 g/mol. The van der Waals surface area contributed by atoms with Crippen LogP contribution in [0.3, 0.4) is 0 Å². The highest BCUT2D eigenvalue weighted by atomic mass is 19.1. The molecule has 4 atom stereocenters. The third kappa shape index (κ3) is 4.92. The van der Waals surface area contributed by atoms with Crippen LogP contribution in [0.5, 0.6) is 17.6 Å². The van der Waals surface area contributed by atoms with E-state index in [0.29, 0.717) is 48.4 Å². The SMILES string of the molecule is C#Cc1c(F)ccc2cc(O)cc(-c3nc(OC)c4c(N5CC6CCC(C5)N6)nc(OCC5(CN6CC7CC7C6)CC5)nc4c3F)c12. The van der Waals surface area contributed by atoms with Gasteiger partial charge in [-0.15, -0.1) is 6.42 Å². The summed E-state index contributed by atoms with van der Waals surface area (Å²) in [5, 5.41) is 15.3. The molecule has 3 aliphatic heterocycles. The zero-order valence-electron chi connectivity index (χ0n) is 26.2. The van der Waals surface area contributed by atoms with Gasteiger partial charge in [-0.1, -0.05) is 12.0 Å².